The fourth-order valence-electron chi connectivity index (χ4n) is 1.85. The van der Waals surface area contributed by atoms with Crippen LogP contribution < -0.4 is 21.1 Å². The zero-order valence-corrected chi connectivity index (χ0v) is 15.2. The van der Waals surface area contributed by atoms with E-state index in [1.807, 2.05) is 0 Å². The summed E-state index contributed by atoms with van der Waals surface area (Å²) >= 11 is 0. The molecule has 14 heteroatoms. The Morgan fingerprint density at radius 2 is 1.69 bits per heavy atom. The molecule has 26 heavy (non-hydrogen) atoms. The summed E-state index contributed by atoms with van der Waals surface area (Å²) in [6.07, 6.45) is 1.03. The standard InChI is InChI=1S/C12H17N7O5S2/c1-25(20,21)15-7-6-14-11-17-10(13)18-12(19-11)16-8-4-2-3-5-9(8)26(22,23)24/h2-5,15H,6-7H2,1H3,(H,22,23,24)(H4,13,14,16,17,18,19). The number of nitrogens with one attached hydrogen (secondary N) is 3. The minimum absolute atomic E-state index is 0.0466. The average Bonchev–Trinajstić information content (AvgIpc) is 2.50. The third-order valence-corrected chi connectivity index (χ3v) is 4.48. The highest BCUT2D eigenvalue weighted by Crippen LogP contribution is 2.23. The molecule has 0 unspecified atom stereocenters. The first-order valence-electron chi connectivity index (χ1n) is 7.08. The zero-order chi connectivity index (χ0) is 19.4. The van der Waals surface area contributed by atoms with Crippen molar-refractivity contribution >= 4 is 43.7 Å². The normalized spacial score (nSPS) is 11.9. The summed E-state index contributed by atoms with van der Waals surface area (Å²) in [6, 6.07) is 5.61. The maximum Gasteiger partial charge on any atom is 0.296 e. The molecule has 0 aliphatic carbocycles. The molecule has 0 fully saturated rings. The number of benzene rings is 1. The van der Waals surface area contributed by atoms with Gasteiger partial charge >= 0.3 is 0 Å². The summed E-state index contributed by atoms with van der Waals surface area (Å²) < 4.78 is 56.3. The van der Waals surface area contributed by atoms with Gasteiger partial charge in [0.25, 0.3) is 10.1 Å². The summed E-state index contributed by atoms with van der Waals surface area (Å²) in [7, 11) is -7.77. The van der Waals surface area contributed by atoms with Crippen molar-refractivity contribution in [3.05, 3.63) is 24.3 Å². The molecule has 12 nitrogen and oxygen atoms in total. The SMILES string of the molecule is CS(=O)(=O)NCCNc1nc(N)nc(Nc2ccccc2S(=O)(=O)O)n1. The second kappa shape index (κ2) is 7.77. The first kappa shape index (κ1) is 19.8. The lowest BCUT2D eigenvalue weighted by molar-refractivity contribution is 0.483. The lowest BCUT2D eigenvalue weighted by atomic mass is 10.3. The summed E-state index contributed by atoms with van der Waals surface area (Å²) in [6.45, 7) is 0.274. The average molecular weight is 403 g/mol. The van der Waals surface area contributed by atoms with Crippen LogP contribution in [0.3, 0.4) is 0 Å². The van der Waals surface area contributed by atoms with Crippen LogP contribution in [0, 0.1) is 0 Å². The van der Waals surface area contributed by atoms with Gasteiger partial charge in [0.2, 0.25) is 27.9 Å². The van der Waals surface area contributed by atoms with E-state index in [9.17, 15) is 21.4 Å². The van der Waals surface area contributed by atoms with Gasteiger partial charge in [-0.1, -0.05) is 12.1 Å². The highest BCUT2D eigenvalue weighted by atomic mass is 32.2. The van der Waals surface area contributed by atoms with Gasteiger partial charge < -0.3 is 16.4 Å². The number of sulfonamides is 1. The molecular formula is C12H17N7O5S2. The molecule has 0 aliphatic heterocycles. The predicted octanol–water partition coefficient (Wildman–Crippen LogP) is -0.595. The summed E-state index contributed by atoms with van der Waals surface area (Å²) in [5, 5.41) is 5.39. The number of nitrogens with zero attached hydrogens (tertiary/aromatic N) is 3. The second-order valence-corrected chi connectivity index (χ2v) is 8.25. The van der Waals surface area contributed by atoms with E-state index in [2.05, 4.69) is 30.3 Å². The molecular weight excluding hydrogens is 386 g/mol. The van der Waals surface area contributed by atoms with Gasteiger partial charge in [-0.3, -0.25) is 4.55 Å². The fourth-order valence-corrected chi connectivity index (χ4v) is 2.97. The molecule has 142 valence electrons. The quantitative estimate of drug-likeness (QED) is 0.279. The van der Waals surface area contributed by atoms with Crippen molar-refractivity contribution in [2.24, 2.45) is 0 Å². The van der Waals surface area contributed by atoms with Crippen LogP contribution in [-0.4, -0.2) is 55.7 Å². The van der Waals surface area contributed by atoms with Gasteiger partial charge in [0.1, 0.15) is 4.90 Å². The smallest absolute Gasteiger partial charge is 0.296 e. The lowest BCUT2D eigenvalue weighted by Gasteiger charge is -2.11. The molecule has 0 radical (unpaired) electrons. The molecule has 0 saturated heterocycles. The topological polar surface area (TPSA) is 189 Å². The van der Waals surface area contributed by atoms with Crippen molar-refractivity contribution in [3.8, 4) is 0 Å². The number of rotatable bonds is 8. The Kier molecular flexibility index (Phi) is 5.91. The van der Waals surface area contributed by atoms with Crippen molar-refractivity contribution in [3.63, 3.8) is 0 Å². The minimum Gasteiger partial charge on any atom is -0.368 e. The Bertz CT molecular complexity index is 995. The molecule has 1 heterocycles. The molecule has 0 bridgehead atoms. The lowest BCUT2D eigenvalue weighted by Crippen LogP contribution is -2.28. The van der Waals surface area contributed by atoms with Gasteiger partial charge in [-0.2, -0.15) is 23.4 Å². The van der Waals surface area contributed by atoms with Crippen molar-refractivity contribution in [1.82, 2.24) is 19.7 Å². The maximum atomic E-state index is 11.4. The summed E-state index contributed by atoms with van der Waals surface area (Å²) in [4.78, 5) is 11.3. The molecule has 0 spiro atoms. The van der Waals surface area contributed by atoms with E-state index in [0.29, 0.717) is 0 Å². The van der Waals surface area contributed by atoms with Crippen LogP contribution in [0.15, 0.2) is 29.2 Å². The highest BCUT2D eigenvalue weighted by Gasteiger charge is 2.16. The Balaban J connectivity index is 2.16. The van der Waals surface area contributed by atoms with Crippen molar-refractivity contribution in [2.75, 3.05) is 35.7 Å². The van der Waals surface area contributed by atoms with Gasteiger partial charge in [-0.15, -0.1) is 0 Å². The van der Waals surface area contributed by atoms with E-state index >= 15 is 0 Å². The largest absolute Gasteiger partial charge is 0.368 e. The third-order valence-electron chi connectivity index (χ3n) is 2.84. The Hall–Kier alpha value is -2.55. The molecule has 0 saturated carbocycles. The highest BCUT2D eigenvalue weighted by molar-refractivity contribution is 7.88. The van der Waals surface area contributed by atoms with Gasteiger partial charge in [-0.25, -0.2) is 13.1 Å². The van der Waals surface area contributed by atoms with E-state index in [1.54, 1.807) is 6.07 Å². The second-order valence-electron chi connectivity index (χ2n) is 5.03. The van der Waals surface area contributed by atoms with Crippen molar-refractivity contribution < 1.29 is 21.4 Å². The van der Waals surface area contributed by atoms with Crippen molar-refractivity contribution in [1.29, 1.82) is 0 Å². The maximum absolute atomic E-state index is 11.4. The van der Waals surface area contributed by atoms with Gasteiger partial charge in [0, 0.05) is 13.1 Å². The fraction of sp³-hybridized carbons (Fsp3) is 0.250. The van der Waals surface area contributed by atoms with Crippen LogP contribution >= 0.6 is 0 Å². The van der Waals surface area contributed by atoms with Gasteiger partial charge in [0.15, 0.2) is 0 Å². The summed E-state index contributed by atoms with van der Waals surface area (Å²) in [5.74, 6) is -0.155. The Morgan fingerprint density at radius 1 is 1.04 bits per heavy atom. The number of para-hydroxylation sites is 1. The molecule has 6 N–H and O–H groups in total. The molecule has 2 aromatic rings. The van der Waals surface area contributed by atoms with Crippen LogP contribution in [0.1, 0.15) is 0 Å². The Labute approximate surface area is 150 Å². The third kappa shape index (κ3) is 6.07. The van der Waals surface area contributed by atoms with Crippen molar-refractivity contribution in [2.45, 2.75) is 4.90 Å². The van der Waals surface area contributed by atoms with E-state index in [-0.39, 0.29) is 41.5 Å². The molecule has 0 aliphatic rings. The van der Waals surface area contributed by atoms with E-state index in [0.717, 1.165) is 6.26 Å². The van der Waals surface area contributed by atoms with Crippen LogP contribution in [-0.2, 0) is 20.1 Å². The van der Waals surface area contributed by atoms with Crippen LogP contribution in [0.2, 0.25) is 0 Å². The molecule has 1 aromatic heterocycles. The number of hydrogen-bond donors (Lipinski definition) is 5. The monoisotopic (exact) mass is 403 g/mol. The van der Waals surface area contributed by atoms with E-state index in [4.69, 9.17) is 5.73 Å². The number of nitrogens with two attached hydrogens (primary N) is 1. The van der Waals surface area contributed by atoms with E-state index < -0.39 is 20.1 Å². The minimum atomic E-state index is -4.45. The number of aromatic nitrogens is 3. The zero-order valence-electron chi connectivity index (χ0n) is 13.5. The predicted molar refractivity (Wildman–Crippen MR) is 95.1 cm³/mol. The first-order chi connectivity index (χ1) is 12.0. The number of hydrogen-bond acceptors (Lipinski definition) is 10. The van der Waals surface area contributed by atoms with Crippen LogP contribution in [0.5, 0.6) is 0 Å². The van der Waals surface area contributed by atoms with Crippen LogP contribution in [0.25, 0.3) is 0 Å². The summed E-state index contributed by atoms with van der Waals surface area (Å²) in [5.41, 5.74) is 5.64. The molecule has 0 amide bonds. The molecule has 2 rings (SSSR count). The molecule has 0 atom stereocenters. The van der Waals surface area contributed by atoms with E-state index in [1.165, 1.54) is 18.2 Å². The first-order valence-corrected chi connectivity index (χ1v) is 10.4. The van der Waals surface area contributed by atoms with Crippen LogP contribution in [0.4, 0.5) is 23.5 Å². The van der Waals surface area contributed by atoms with Gasteiger partial charge in [-0.05, 0) is 12.1 Å². The molecule has 1 aromatic carbocycles. The number of anilines is 4. The van der Waals surface area contributed by atoms with Gasteiger partial charge in [0.05, 0.1) is 11.9 Å². The number of nitrogen functional groups attached to an aromatic ring is 1. The Morgan fingerprint density at radius 3 is 2.35 bits per heavy atom.